The molecule has 0 aliphatic rings. The zero-order chi connectivity index (χ0) is 17.8. The van der Waals surface area contributed by atoms with E-state index in [1.54, 1.807) is 24.3 Å². The zero-order valence-electron chi connectivity index (χ0n) is 14.3. The maximum Gasteiger partial charge on any atom is 0.244 e. The van der Waals surface area contributed by atoms with Crippen LogP contribution >= 0.6 is 0 Å². The molecule has 0 fully saturated rings. The van der Waals surface area contributed by atoms with Crippen LogP contribution in [0.15, 0.2) is 54.9 Å². The van der Waals surface area contributed by atoms with Crippen LogP contribution in [0.2, 0.25) is 0 Å². The molecular weight excluding hydrogens is 318 g/mol. The summed E-state index contributed by atoms with van der Waals surface area (Å²) in [5, 5.41) is 13.0. The number of aromatic nitrogens is 2. The number of para-hydroxylation sites is 2. The van der Waals surface area contributed by atoms with E-state index in [9.17, 15) is 9.90 Å². The lowest BCUT2D eigenvalue weighted by Crippen LogP contribution is -2.27. The summed E-state index contributed by atoms with van der Waals surface area (Å²) in [4.78, 5) is 11.0. The van der Waals surface area contributed by atoms with Gasteiger partial charge < -0.3 is 15.2 Å². The van der Waals surface area contributed by atoms with Crippen LogP contribution in [0, 0.1) is 0 Å². The molecule has 0 radical (unpaired) electrons. The van der Waals surface area contributed by atoms with Crippen molar-refractivity contribution < 1.29 is 19.2 Å². The first kappa shape index (κ1) is 17.0. The van der Waals surface area contributed by atoms with Crippen molar-refractivity contribution in [2.24, 2.45) is 7.05 Å². The molecule has 2 N–H and O–H groups in total. The molecule has 1 heterocycles. The van der Waals surface area contributed by atoms with Crippen LogP contribution in [0.25, 0.3) is 11.0 Å². The molecule has 0 saturated carbocycles. The van der Waals surface area contributed by atoms with E-state index in [1.807, 2.05) is 46.8 Å². The van der Waals surface area contributed by atoms with Crippen LogP contribution in [0.4, 0.5) is 5.69 Å². The molecule has 0 spiro atoms. The Morgan fingerprint density at radius 2 is 1.96 bits per heavy atom. The number of carbonyl (C=O) groups is 1. The summed E-state index contributed by atoms with van der Waals surface area (Å²) in [6.45, 7) is 2.10. The molecule has 130 valence electrons. The SMILES string of the molecule is CC(=O)Nc1ccc(OCC(O)Cn2c[n+](C)c3ccccc32)cc1. The van der Waals surface area contributed by atoms with Crippen molar-refractivity contribution >= 4 is 22.6 Å². The third-order valence-corrected chi connectivity index (χ3v) is 3.91. The first-order valence-electron chi connectivity index (χ1n) is 8.15. The largest absolute Gasteiger partial charge is 0.491 e. The fourth-order valence-corrected chi connectivity index (χ4v) is 2.79. The number of nitrogens with one attached hydrogen (secondary N) is 1. The Kier molecular flexibility index (Phi) is 5.00. The number of aliphatic hydroxyl groups is 1. The summed E-state index contributed by atoms with van der Waals surface area (Å²) in [7, 11) is 1.98. The van der Waals surface area contributed by atoms with E-state index in [0.29, 0.717) is 18.0 Å². The van der Waals surface area contributed by atoms with E-state index in [-0.39, 0.29) is 12.5 Å². The number of ether oxygens (including phenoxy) is 1. The van der Waals surface area contributed by atoms with Crippen molar-refractivity contribution in [1.29, 1.82) is 0 Å². The van der Waals surface area contributed by atoms with Crippen LogP contribution in [-0.2, 0) is 18.4 Å². The monoisotopic (exact) mass is 340 g/mol. The quantitative estimate of drug-likeness (QED) is 0.673. The Labute approximate surface area is 146 Å². The molecule has 0 bridgehead atoms. The number of rotatable bonds is 6. The highest BCUT2D eigenvalue weighted by molar-refractivity contribution is 5.88. The highest BCUT2D eigenvalue weighted by Gasteiger charge is 2.16. The van der Waals surface area contributed by atoms with Gasteiger partial charge in [-0.2, -0.15) is 0 Å². The number of hydrogen-bond acceptors (Lipinski definition) is 3. The summed E-state index contributed by atoms with van der Waals surface area (Å²) >= 11 is 0. The fourth-order valence-electron chi connectivity index (χ4n) is 2.79. The van der Waals surface area contributed by atoms with Gasteiger partial charge in [0.25, 0.3) is 0 Å². The average molecular weight is 340 g/mol. The van der Waals surface area contributed by atoms with E-state index >= 15 is 0 Å². The number of hydrogen-bond donors (Lipinski definition) is 2. The van der Waals surface area contributed by atoms with Gasteiger partial charge in [-0.1, -0.05) is 12.1 Å². The third-order valence-electron chi connectivity index (χ3n) is 3.91. The smallest absolute Gasteiger partial charge is 0.244 e. The molecule has 0 aliphatic heterocycles. The van der Waals surface area contributed by atoms with Gasteiger partial charge in [0.1, 0.15) is 25.0 Å². The minimum Gasteiger partial charge on any atom is -0.491 e. The first-order valence-corrected chi connectivity index (χ1v) is 8.15. The second-order valence-corrected chi connectivity index (χ2v) is 6.04. The molecule has 0 aliphatic carbocycles. The van der Waals surface area contributed by atoms with Crippen molar-refractivity contribution in [3.8, 4) is 5.75 Å². The second kappa shape index (κ2) is 7.36. The number of amides is 1. The number of nitrogens with zero attached hydrogens (tertiary/aromatic N) is 2. The molecule has 0 saturated heterocycles. The van der Waals surface area contributed by atoms with E-state index in [0.717, 1.165) is 11.0 Å². The molecule has 6 heteroatoms. The maximum atomic E-state index is 11.0. The molecule has 1 atom stereocenters. The molecule has 1 unspecified atom stereocenters. The van der Waals surface area contributed by atoms with Gasteiger partial charge in [-0.15, -0.1) is 0 Å². The van der Waals surface area contributed by atoms with E-state index in [4.69, 9.17) is 4.74 Å². The van der Waals surface area contributed by atoms with Crippen LogP contribution in [0.1, 0.15) is 6.92 Å². The second-order valence-electron chi connectivity index (χ2n) is 6.04. The van der Waals surface area contributed by atoms with Crippen molar-refractivity contribution in [2.45, 2.75) is 19.6 Å². The number of benzene rings is 2. The van der Waals surface area contributed by atoms with Gasteiger partial charge in [0.15, 0.2) is 11.0 Å². The molecular formula is C19H22N3O3+. The minimum atomic E-state index is -0.633. The lowest BCUT2D eigenvalue weighted by atomic mass is 10.3. The number of anilines is 1. The van der Waals surface area contributed by atoms with Gasteiger partial charge in [-0.05, 0) is 36.4 Å². The van der Waals surface area contributed by atoms with Crippen LogP contribution in [0.3, 0.4) is 0 Å². The Bertz CT molecular complexity index is 871. The average Bonchev–Trinajstić information content (AvgIpc) is 2.90. The molecule has 3 aromatic rings. The van der Waals surface area contributed by atoms with Gasteiger partial charge in [-0.3, -0.25) is 4.79 Å². The Balaban J connectivity index is 1.59. The number of imidazole rings is 1. The summed E-state index contributed by atoms with van der Waals surface area (Å²) < 4.78 is 9.68. The predicted molar refractivity (Wildman–Crippen MR) is 95.4 cm³/mol. The Morgan fingerprint density at radius 1 is 1.24 bits per heavy atom. The minimum absolute atomic E-state index is 0.115. The Hall–Kier alpha value is -2.86. The van der Waals surface area contributed by atoms with Crippen molar-refractivity contribution in [3.05, 3.63) is 54.9 Å². The summed E-state index contributed by atoms with van der Waals surface area (Å²) in [6.07, 6.45) is 1.33. The number of aryl methyl sites for hydroxylation is 1. The molecule has 2 aromatic carbocycles. The standard InChI is InChI=1S/C19H21N3O3/c1-14(23)20-15-7-9-17(10-8-15)25-12-16(24)11-22-13-21(2)18-5-3-4-6-19(18)22/h3-10,13,16,24H,11-12H2,1-2H3/p+1. The Morgan fingerprint density at radius 3 is 2.68 bits per heavy atom. The zero-order valence-corrected chi connectivity index (χ0v) is 14.3. The predicted octanol–water partition coefficient (Wildman–Crippen LogP) is 1.86. The van der Waals surface area contributed by atoms with Crippen molar-refractivity contribution in [2.75, 3.05) is 11.9 Å². The normalized spacial score (nSPS) is 12.1. The van der Waals surface area contributed by atoms with E-state index < -0.39 is 6.10 Å². The summed E-state index contributed by atoms with van der Waals surface area (Å²) in [6, 6.07) is 15.1. The van der Waals surface area contributed by atoms with E-state index in [1.165, 1.54) is 6.92 Å². The molecule has 3 rings (SSSR count). The number of fused-ring (bicyclic) bond motifs is 1. The number of carbonyl (C=O) groups excluding carboxylic acids is 1. The van der Waals surface area contributed by atoms with Gasteiger partial charge in [0.2, 0.25) is 12.2 Å². The van der Waals surface area contributed by atoms with Crippen LogP contribution < -0.4 is 14.6 Å². The fraction of sp³-hybridized carbons (Fsp3) is 0.263. The van der Waals surface area contributed by atoms with E-state index in [2.05, 4.69) is 5.32 Å². The highest BCUT2D eigenvalue weighted by atomic mass is 16.5. The van der Waals surface area contributed by atoms with Crippen molar-refractivity contribution in [3.63, 3.8) is 0 Å². The molecule has 25 heavy (non-hydrogen) atoms. The summed E-state index contributed by atoms with van der Waals surface area (Å²) in [5.41, 5.74) is 2.90. The van der Waals surface area contributed by atoms with Gasteiger partial charge in [-0.25, -0.2) is 9.13 Å². The van der Waals surface area contributed by atoms with Gasteiger partial charge in [0, 0.05) is 12.6 Å². The molecule has 6 nitrogen and oxygen atoms in total. The third kappa shape index (κ3) is 4.16. The maximum absolute atomic E-state index is 11.0. The van der Waals surface area contributed by atoms with Gasteiger partial charge in [0.05, 0.1) is 7.05 Å². The molecule has 1 amide bonds. The van der Waals surface area contributed by atoms with Crippen LogP contribution in [-0.4, -0.2) is 28.3 Å². The topological polar surface area (TPSA) is 67.4 Å². The first-order chi connectivity index (χ1) is 12.0. The number of aliphatic hydroxyl groups excluding tert-OH is 1. The van der Waals surface area contributed by atoms with Crippen LogP contribution in [0.5, 0.6) is 5.75 Å². The van der Waals surface area contributed by atoms with Crippen molar-refractivity contribution in [1.82, 2.24) is 4.57 Å². The molecule has 1 aromatic heterocycles. The lowest BCUT2D eigenvalue weighted by Gasteiger charge is -2.11. The summed E-state index contributed by atoms with van der Waals surface area (Å²) in [5.74, 6) is 0.535. The van der Waals surface area contributed by atoms with Gasteiger partial charge >= 0.3 is 0 Å². The highest BCUT2D eigenvalue weighted by Crippen LogP contribution is 2.16. The lowest BCUT2D eigenvalue weighted by molar-refractivity contribution is -0.645.